The van der Waals surface area contributed by atoms with E-state index < -0.39 is 0 Å². The molecule has 0 aromatic heterocycles. The van der Waals surface area contributed by atoms with E-state index in [2.05, 4.69) is 25.6 Å². The first-order valence-corrected chi connectivity index (χ1v) is 3.07. The molecule has 0 saturated carbocycles. The molecule has 0 fully saturated rings. The van der Waals surface area contributed by atoms with Crippen molar-refractivity contribution >= 4 is 0 Å². The van der Waals surface area contributed by atoms with Gasteiger partial charge >= 0.3 is 0 Å². The lowest BCUT2D eigenvalue weighted by Crippen LogP contribution is -2.21. The zero-order valence-electron chi connectivity index (χ0n) is 5.85. The molecule has 0 aliphatic carbocycles. The molecule has 50 valence electrons. The molecule has 0 aromatic carbocycles. The summed E-state index contributed by atoms with van der Waals surface area (Å²) in [6.45, 7) is 6.26. The number of rotatable bonds is 3. The minimum Gasteiger partial charge on any atom is -0.301 e. The summed E-state index contributed by atoms with van der Waals surface area (Å²) in [7, 11) is 0. The maximum atomic E-state index is 4.98. The fourth-order valence-corrected chi connectivity index (χ4v) is 0.725. The third-order valence-corrected chi connectivity index (χ3v) is 1.32. The Labute approximate surface area is 51.0 Å². The summed E-state index contributed by atoms with van der Waals surface area (Å²) in [5.74, 6) is 5.52. The van der Waals surface area contributed by atoms with Crippen LogP contribution in [0.5, 0.6) is 0 Å². The summed E-state index contributed by atoms with van der Waals surface area (Å²) >= 11 is 0. The van der Waals surface area contributed by atoms with Crippen molar-refractivity contribution in [2.75, 3.05) is 0 Å². The van der Waals surface area contributed by atoms with E-state index in [-0.39, 0.29) is 6.10 Å². The molecule has 0 unspecified atom stereocenters. The van der Waals surface area contributed by atoms with Crippen LogP contribution in [0.15, 0.2) is 0 Å². The normalized spacial score (nSPS) is 14.6. The fourth-order valence-electron chi connectivity index (χ4n) is 0.725. The van der Waals surface area contributed by atoms with Crippen LogP contribution in [0.1, 0.15) is 27.2 Å². The molecule has 0 aliphatic rings. The Morgan fingerprint density at radius 3 is 2.00 bits per heavy atom. The largest absolute Gasteiger partial charge is 0.301 e. The molecule has 0 aliphatic heterocycles. The molecule has 2 N–H and O–H groups in total. The molecule has 0 bridgehead atoms. The molecule has 2 heteroatoms. The number of nitrogens with two attached hydrogens (primary N) is 1. The van der Waals surface area contributed by atoms with Crippen molar-refractivity contribution in [3.63, 3.8) is 0 Å². The van der Waals surface area contributed by atoms with Gasteiger partial charge in [0.2, 0.25) is 0 Å². The first-order chi connectivity index (χ1) is 3.72. The summed E-state index contributed by atoms with van der Waals surface area (Å²) in [6, 6.07) is 0. The Morgan fingerprint density at radius 2 is 2.00 bits per heavy atom. The summed E-state index contributed by atoms with van der Waals surface area (Å²) in [5, 5.41) is 0. The molecule has 0 saturated heterocycles. The summed E-state index contributed by atoms with van der Waals surface area (Å²) in [4.78, 5) is 4.66. The summed E-state index contributed by atoms with van der Waals surface area (Å²) in [6.07, 6.45) is 1.23. The maximum Gasteiger partial charge on any atom is 0.0807 e. The van der Waals surface area contributed by atoms with Gasteiger partial charge in [-0.3, -0.25) is 0 Å². The number of hydrogen-bond acceptors (Lipinski definition) is 2. The monoisotopic (exact) mass is 117 g/mol. The van der Waals surface area contributed by atoms with Gasteiger partial charge in [-0.05, 0) is 12.3 Å². The van der Waals surface area contributed by atoms with Crippen molar-refractivity contribution < 1.29 is 4.84 Å². The number of hydrogen-bond donors (Lipinski definition) is 1. The van der Waals surface area contributed by atoms with Gasteiger partial charge in [-0.1, -0.05) is 20.8 Å². The third-order valence-electron chi connectivity index (χ3n) is 1.32. The zero-order chi connectivity index (χ0) is 6.57. The fraction of sp³-hybridized carbons (Fsp3) is 1.00. The van der Waals surface area contributed by atoms with Crippen molar-refractivity contribution in [3.05, 3.63) is 0 Å². The standard InChI is InChI=1S/C6H15NO/c1-4-6(8-7)5(2)3/h5-6H,4,7H2,1-3H3/t6-/m0/s1. The Morgan fingerprint density at radius 1 is 1.50 bits per heavy atom. The van der Waals surface area contributed by atoms with Crippen molar-refractivity contribution in [2.45, 2.75) is 33.3 Å². The lowest BCUT2D eigenvalue weighted by Gasteiger charge is -2.14. The van der Waals surface area contributed by atoms with Crippen LogP contribution >= 0.6 is 0 Å². The van der Waals surface area contributed by atoms with E-state index in [9.17, 15) is 0 Å². The van der Waals surface area contributed by atoms with Crippen LogP contribution in [0, 0.1) is 5.92 Å². The molecule has 0 amide bonds. The first-order valence-electron chi connectivity index (χ1n) is 3.07. The van der Waals surface area contributed by atoms with Crippen LogP contribution in [-0.2, 0) is 4.84 Å². The molecule has 0 heterocycles. The van der Waals surface area contributed by atoms with Crippen LogP contribution in [0.4, 0.5) is 0 Å². The average molecular weight is 117 g/mol. The highest BCUT2D eigenvalue weighted by Gasteiger charge is 2.08. The van der Waals surface area contributed by atoms with E-state index in [0.29, 0.717) is 5.92 Å². The molecular formula is C6H15NO. The van der Waals surface area contributed by atoms with Gasteiger partial charge in [0.25, 0.3) is 0 Å². The minimum atomic E-state index is 0.231. The van der Waals surface area contributed by atoms with E-state index in [1.807, 2.05) is 0 Å². The molecule has 8 heavy (non-hydrogen) atoms. The molecule has 1 atom stereocenters. The van der Waals surface area contributed by atoms with Gasteiger partial charge < -0.3 is 4.84 Å². The minimum absolute atomic E-state index is 0.231. The van der Waals surface area contributed by atoms with Crippen molar-refractivity contribution in [3.8, 4) is 0 Å². The van der Waals surface area contributed by atoms with Gasteiger partial charge in [-0.2, -0.15) is 0 Å². The van der Waals surface area contributed by atoms with Crippen LogP contribution in [0.25, 0.3) is 0 Å². The van der Waals surface area contributed by atoms with Gasteiger partial charge in [-0.25, -0.2) is 5.90 Å². The molecular weight excluding hydrogens is 102 g/mol. The average Bonchev–Trinajstić information content (AvgIpc) is 1.69. The Balaban J connectivity index is 3.35. The van der Waals surface area contributed by atoms with E-state index in [1.54, 1.807) is 0 Å². The predicted molar refractivity (Wildman–Crippen MR) is 34.2 cm³/mol. The quantitative estimate of drug-likeness (QED) is 0.566. The highest BCUT2D eigenvalue weighted by atomic mass is 16.6. The Bertz CT molecular complexity index is 50.5. The zero-order valence-corrected chi connectivity index (χ0v) is 5.85. The van der Waals surface area contributed by atoms with Crippen molar-refractivity contribution in [1.29, 1.82) is 0 Å². The van der Waals surface area contributed by atoms with Gasteiger partial charge in [0.05, 0.1) is 6.10 Å². The van der Waals surface area contributed by atoms with E-state index in [4.69, 9.17) is 5.90 Å². The lowest BCUT2D eigenvalue weighted by molar-refractivity contribution is 0.0193. The summed E-state index contributed by atoms with van der Waals surface area (Å²) < 4.78 is 0. The molecule has 0 spiro atoms. The van der Waals surface area contributed by atoms with E-state index >= 15 is 0 Å². The highest BCUT2D eigenvalue weighted by Crippen LogP contribution is 2.06. The topological polar surface area (TPSA) is 35.2 Å². The Hall–Kier alpha value is -0.0800. The van der Waals surface area contributed by atoms with Crippen LogP contribution in [0.2, 0.25) is 0 Å². The molecule has 0 aromatic rings. The van der Waals surface area contributed by atoms with Gasteiger partial charge in [0.15, 0.2) is 0 Å². The molecule has 2 nitrogen and oxygen atoms in total. The van der Waals surface area contributed by atoms with Crippen molar-refractivity contribution in [1.82, 2.24) is 0 Å². The van der Waals surface area contributed by atoms with E-state index in [1.165, 1.54) is 0 Å². The maximum absolute atomic E-state index is 4.98. The molecule has 0 radical (unpaired) electrons. The second kappa shape index (κ2) is 3.87. The van der Waals surface area contributed by atoms with Crippen LogP contribution in [0.3, 0.4) is 0 Å². The Kier molecular flexibility index (Phi) is 3.83. The third kappa shape index (κ3) is 2.28. The summed E-state index contributed by atoms with van der Waals surface area (Å²) in [5.41, 5.74) is 0. The van der Waals surface area contributed by atoms with Crippen molar-refractivity contribution in [2.24, 2.45) is 11.8 Å². The van der Waals surface area contributed by atoms with E-state index in [0.717, 1.165) is 6.42 Å². The van der Waals surface area contributed by atoms with Gasteiger partial charge in [0, 0.05) is 0 Å². The van der Waals surface area contributed by atoms with Crippen LogP contribution in [-0.4, -0.2) is 6.10 Å². The van der Waals surface area contributed by atoms with Crippen LogP contribution < -0.4 is 5.90 Å². The SMILES string of the molecule is CC[C@H](ON)C(C)C. The lowest BCUT2D eigenvalue weighted by atomic mass is 10.1. The second-order valence-corrected chi connectivity index (χ2v) is 2.33. The first kappa shape index (κ1) is 7.92. The molecule has 0 rings (SSSR count). The highest BCUT2D eigenvalue weighted by molar-refractivity contribution is 4.56. The predicted octanol–water partition coefficient (Wildman–Crippen LogP) is 1.31. The van der Waals surface area contributed by atoms with Gasteiger partial charge in [-0.15, -0.1) is 0 Å². The smallest absolute Gasteiger partial charge is 0.0807 e. The second-order valence-electron chi connectivity index (χ2n) is 2.33. The van der Waals surface area contributed by atoms with Gasteiger partial charge in [0.1, 0.15) is 0 Å².